The van der Waals surface area contributed by atoms with Crippen LogP contribution in [-0.2, 0) is 12.5 Å². The number of rotatable bonds is 9. The summed E-state index contributed by atoms with van der Waals surface area (Å²) in [5.74, 6) is -7.84. The van der Waals surface area contributed by atoms with E-state index in [-0.39, 0.29) is 33.4 Å². The highest BCUT2D eigenvalue weighted by molar-refractivity contribution is 5.74. The fourth-order valence-corrected chi connectivity index (χ4v) is 4.83. The van der Waals surface area contributed by atoms with Crippen molar-refractivity contribution in [3.05, 3.63) is 149 Å². The molecule has 0 aliphatic carbocycles. The molecule has 0 atom stereocenters. The fourth-order valence-electron chi connectivity index (χ4n) is 4.83. The summed E-state index contributed by atoms with van der Waals surface area (Å²) in [6.45, 7) is 1.89. The van der Waals surface area contributed by atoms with Crippen LogP contribution in [0.2, 0.25) is 0 Å². The Morgan fingerprint density at radius 1 is 0.578 bits per heavy atom. The van der Waals surface area contributed by atoms with Crippen molar-refractivity contribution in [2.75, 3.05) is 0 Å². The quantitative estimate of drug-likeness (QED) is 0.0901. The van der Waals surface area contributed by atoms with E-state index in [0.717, 1.165) is 42.3 Å². The van der Waals surface area contributed by atoms with Crippen LogP contribution in [0.3, 0.4) is 0 Å². The second kappa shape index (κ2) is 13.0. The average molecular weight is 625 g/mol. The number of allylic oxidation sites excluding steroid dienone is 2. The van der Waals surface area contributed by atoms with Crippen molar-refractivity contribution in [3.63, 3.8) is 0 Å². The maximum atomic E-state index is 15.2. The Kier molecular flexibility index (Phi) is 9.09. The average Bonchev–Trinajstić information content (AvgIpc) is 3.00. The number of benzene rings is 5. The van der Waals surface area contributed by atoms with Crippen LogP contribution in [0.4, 0.5) is 35.1 Å². The van der Waals surface area contributed by atoms with Crippen LogP contribution >= 0.6 is 0 Å². The van der Waals surface area contributed by atoms with Gasteiger partial charge in [-0.3, -0.25) is 0 Å². The van der Waals surface area contributed by atoms with Crippen molar-refractivity contribution in [1.29, 1.82) is 0 Å². The molecule has 0 aliphatic rings. The second-order valence-corrected chi connectivity index (χ2v) is 10.2. The minimum absolute atomic E-state index is 0.0616. The van der Waals surface area contributed by atoms with Crippen LogP contribution in [0.1, 0.15) is 24.5 Å². The number of ether oxygens (including phenoxy) is 1. The summed E-state index contributed by atoms with van der Waals surface area (Å²) in [5, 5.41) is 0. The van der Waals surface area contributed by atoms with Gasteiger partial charge < -0.3 is 4.74 Å². The van der Waals surface area contributed by atoms with E-state index in [1.54, 1.807) is 12.1 Å². The molecule has 0 saturated heterocycles. The lowest BCUT2D eigenvalue weighted by Crippen LogP contribution is -2.22. The Morgan fingerprint density at radius 3 is 1.58 bits per heavy atom. The lowest BCUT2D eigenvalue weighted by Gasteiger charge is -2.19. The molecule has 0 aromatic heterocycles. The highest BCUT2D eigenvalue weighted by atomic mass is 19.3. The Morgan fingerprint density at radius 2 is 1.07 bits per heavy atom. The van der Waals surface area contributed by atoms with Crippen LogP contribution < -0.4 is 4.74 Å². The highest BCUT2D eigenvalue weighted by Crippen LogP contribution is 2.36. The predicted octanol–water partition coefficient (Wildman–Crippen LogP) is 11.2. The van der Waals surface area contributed by atoms with Gasteiger partial charge >= 0.3 is 6.11 Å². The Bertz CT molecular complexity index is 1860. The number of hydrogen-bond donors (Lipinski definition) is 0. The van der Waals surface area contributed by atoms with Crippen LogP contribution in [0.15, 0.2) is 103 Å². The summed E-state index contributed by atoms with van der Waals surface area (Å²) in [4.78, 5) is 0. The molecular formula is C36H24F8O. The Hall–Kier alpha value is -4.92. The van der Waals surface area contributed by atoms with Crippen molar-refractivity contribution in [2.45, 2.75) is 25.9 Å². The zero-order valence-corrected chi connectivity index (χ0v) is 23.7. The molecule has 5 aromatic carbocycles. The third-order valence-electron chi connectivity index (χ3n) is 7.17. The van der Waals surface area contributed by atoms with Gasteiger partial charge in [0.15, 0.2) is 17.5 Å². The van der Waals surface area contributed by atoms with Gasteiger partial charge in [-0.25, -0.2) is 26.3 Å². The van der Waals surface area contributed by atoms with E-state index in [0.29, 0.717) is 18.6 Å². The summed E-state index contributed by atoms with van der Waals surface area (Å²) in [5.41, 5.74) is -0.0172. The van der Waals surface area contributed by atoms with E-state index in [1.807, 2.05) is 19.1 Å². The summed E-state index contributed by atoms with van der Waals surface area (Å²) in [6.07, 6.45) is 1.60. The van der Waals surface area contributed by atoms with Gasteiger partial charge in [0.1, 0.15) is 23.2 Å². The summed E-state index contributed by atoms with van der Waals surface area (Å²) in [6, 6.07) is 17.1. The van der Waals surface area contributed by atoms with Crippen molar-refractivity contribution in [2.24, 2.45) is 0 Å². The molecule has 45 heavy (non-hydrogen) atoms. The maximum Gasteiger partial charge on any atom is 0.426 e. The maximum absolute atomic E-state index is 15.2. The third kappa shape index (κ3) is 6.93. The molecule has 0 amide bonds. The lowest BCUT2D eigenvalue weighted by atomic mass is 9.96. The smallest absolute Gasteiger partial charge is 0.426 e. The molecule has 230 valence electrons. The zero-order valence-electron chi connectivity index (χ0n) is 23.7. The van der Waals surface area contributed by atoms with Gasteiger partial charge in [-0.15, -0.1) is 0 Å². The van der Waals surface area contributed by atoms with Gasteiger partial charge in [0, 0.05) is 22.8 Å². The molecule has 9 heteroatoms. The fraction of sp³-hybridized carbons (Fsp3) is 0.111. The van der Waals surface area contributed by atoms with E-state index in [4.69, 9.17) is 4.74 Å². The summed E-state index contributed by atoms with van der Waals surface area (Å²) < 4.78 is 120. The van der Waals surface area contributed by atoms with Crippen molar-refractivity contribution >= 4 is 0 Å². The Balaban J connectivity index is 1.33. The van der Waals surface area contributed by atoms with Gasteiger partial charge in [0.25, 0.3) is 0 Å². The number of halogens is 8. The molecule has 5 aromatic rings. The van der Waals surface area contributed by atoms with Gasteiger partial charge in [-0.05, 0) is 90.6 Å². The largest absolute Gasteiger partial charge is 0.429 e. The van der Waals surface area contributed by atoms with Crippen LogP contribution in [0, 0.1) is 34.9 Å². The van der Waals surface area contributed by atoms with Gasteiger partial charge in [-0.1, -0.05) is 48.6 Å². The molecular weight excluding hydrogens is 600 g/mol. The summed E-state index contributed by atoms with van der Waals surface area (Å²) in [7, 11) is 0. The minimum atomic E-state index is -3.74. The van der Waals surface area contributed by atoms with Crippen LogP contribution in [0.25, 0.3) is 33.4 Å². The molecule has 0 saturated carbocycles. The molecule has 1 nitrogen and oxygen atoms in total. The number of alkyl halides is 2. The molecule has 5 rings (SSSR count). The molecule has 0 bridgehead atoms. The predicted molar refractivity (Wildman–Crippen MR) is 157 cm³/mol. The molecule has 0 aliphatic heterocycles. The zero-order chi connectivity index (χ0) is 32.3. The van der Waals surface area contributed by atoms with Gasteiger partial charge in [-0.2, -0.15) is 8.78 Å². The topological polar surface area (TPSA) is 9.23 Å². The van der Waals surface area contributed by atoms with Gasteiger partial charge in [0.2, 0.25) is 0 Å². The van der Waals surface area contributed by atoms with E-state index >= 15 is 8.78 Å². The third-order valence-corrected chi connectivity index (χ3v) is 7.17. The first-order chi connectivity index (χ1) is 21.5. The Labute approximate surface area is 254 Å². The van der Waals surface area contributed by atoms with E-state index in [2.05, 4.69) is 0 Å². The molecule has 0 N–H and O–H groups in total. The van der Waals surface area contributed by atoms with Crippen molar-refractivity contribution < 1.29 is 39.9 Å². The highest BCUT2D eigenvalue weighted by Gasteiger charge is 2.34. The van der Waals surface area contributed by atoms with E-state index < -0.39 is 52.3 Å². The number of aryl methyl sites for hydroxylation is 1. The first-order valence-corrected chi connectivity index (χ1v) is 13.8. The lowest BCUT2D eigenvalue weighted by molar-refractivity contribution is -0.185. The standard InChI is InChI=1S/C36H24F8O/c1-2-3-4-5-21-6-10-25(11-7-21)36(43,44)45-26-12-15-28(32(39)20-26)23-8-13-27(30(37)16-23)22-9-14-29(31(38)17-22)24-18-33(40)35(42)34(41)19-24/h2-3,6-20H,4-5H2,1H3. The first kappa shape index (κ1) is 31.5. The summed E-state index contributed by atoms with van der Waals surface area (Å²) >= 11 is 0. The second-order valence-electron chi connectivity index (χ2n) is 10.2. The molecule has 0 spiro atoms. The van der Waals surface area contributed by atoms with Crippen molar-refractivity contribution in [3.8, 4) is 39.1 Å². The van der Waals surface area contributed by atoms with E-state index in [9.17, 15) is 26.3 Å². The SMILES string of the molecule is CC=CCCc1ccc(C(F)(F)Oc2ccc(-c3ccc(-c4ccc(-c5cc(F)c(F)c(F)c5)c(F)c4)c(F)c3)c(F)c2)cc1. The molecule has 0 fully saturated rings. The van der Waals surface area contributed by atoms with E-state index in [1.165, 1.54) is 36.4 Å². The number of hydrogen-bond acceptors (Lipinski definition) is 1. The minimum Gasteiger partial charge on any atom is -0.429 e. The van der Waals surface area contributed by atoms with Crippen molar-refractivity contribution in [1.82, 2.24) is 0 Å². The normalized spacial score (nSPS) is 11.8. The molecule has 0 radical (unpaired) electrons. The monoisotopic (exact) mass is 624 g/mol. The molecule has 0 heterocycles. The van der Waals surface area contributed by atoms with Crippen LogP contribution in [-0.4, -0.2) is 0 Å². The molecule has 0 unspecified atom stereocenters. The van der Waals surface area contributed by atoms with Crippen LogP contribution in [0.5, 0.6) is 5.75 Å². The van der Waals surface area contributed by atoms with Gasteiger partial charge in [0.05, 0.1) is 5.56 Å². The first-order valence-electron chi connectivity index (χ1n) is 13.8.